The van der Waals surface area contributed by atoms with Crippen LogP contribution in [-0.4, -0.2) is 8.42 Å². The Bertz CT molecular complexity index is 851. The van der Waals surface area contributed by atoms with Gasteiger partial charge in [-0.25, -0.2) is 4.39 Å². The number of terminal acetylenes is 1. The van der Waals surface area contributed by atoms with Gasteiger partial charge in [0.1, 0.15) is 11.6 Å². The summed E-state index contributed by atoms with van der Waals surface area (Å²) in [6.45, 7) is 3.78. The van der Waals surface area contributed by atoms with E-state index in [1.807, 2.05) is 13.8 Å². The normalized spacial score (nSPS) is 11.6. The van der Waals surface area contributed by atoms with Gasteiger partial charge in [0.25, 0.3) is 0 Å². The second-order valence-electron chi connectivity index (χ2n) is 4.91. The molecule has 2 aromatic carbocycles. The topological polar surface area (TPSA) is 69.4 Å². The molecule has 2 rings (SSSR count). The van der Waals surface area contributed by atoms with Crippen LogP contribution in [0.3, 0.4) is 0 Å². The number of rotatable bonds is 3. The lowest BCUT2D eigenvalue weighted by Gasteiger charge is -2.14. The lowest BCUT2D eigenvalue weighted by molar-refractivity contribution is 0.487. The third kappa shape index (κ3) is 3.15. The van der Waals surface area contributed by atoms with Crippen molar-refractivity contribution in [1.29, 1.82) is 0 Å². The summed E-state index contributed by atoms with van der Waals surface area (Å²) < 4.78 is 40.7. The second kappa shape index (κ2) is 5.35. The first kappa shape index (κ1) is 15.3. The summed E-state index contributed by atoms with van der Waals surface area (Å²) in [7, 11) is -4.13. The van der Waals surface area contributed by atoms with Gasteiger partial charge < -0.3 is 4.18 Å². The Morgan fingerprint density at radius 2 is 2.00 bits per heavy atom. The standard InChI is InChI=1S/C15H14FNO3S/c1-4-12-14(16)6-5-10-7-11(20-21(17,18)19)8-13(9(2)3)15(10)12/h1,5-9H,2-3H3,(H2,17,18,19). The van der Waals surface area contributed by atoms with Gasteiger partial charge in [-0.3, -0.25) is 0 Å². The third-order valence-corrected chi connectivity index (χ3v) is 3.47. The van der Waals surface area contributed by atoms with E-state index in [0.717, 1.165) is 0 Å². The van der Waals surface area contributed by atoms with Crippen molar-refractivity contribution in [2.75, 3.05) is 0 Å². The molecule has 21 heavy (non-hydrogen) atoms. The molecule has 4 nitrogen and oxygen atoms in total. The largest absolute Gasteiger partial charge is 0.380 e. The highest BCUT2D eigenvalue weighted by Crippen LogP contribution is 2.33. The van der Waals surface area contributed by atoms with Crippen LogP contribution in [0.1, 0.15) is 30.9 Å². The van der Waals surface area contributed by atoms with Crippen molar-refractivity contribution >= 4 is 21.1 Å². The van der Waals surface area contributed by atoms with E-state index in [4.69, 9.17) is 15.7 Å². The first-order chi connectivity index (χ1) is 9.73. The number of nitrogens with two attached hydrogens (primary N) is 1. The number of hydrogen-bond acceptors (Lipinski definition) is 3. The van der Waals surface area contributed by atoms with E-state index >= 15 is 0 Å². The van der Waals surface area contributed by atoms with Crippen molar-refractivity contribution in [3.8, 4) is 18.1 Å². The molecule has 0 fully saturated rings. The zero-order valence-corrected chi connectivity index (χ0v) is 12.4. The molecule has 2 aromatic rings. The fourth-order valence-electron chi connectivity index (χ4n) is 2.22. The van der Waals surface area contributed by atoms with E-state index < -0.39 is 16.1 Å². The van der Waals surface area contributed by atoms with Crippen LogP contribution >= 0.6 is 0 Å². The summed E-state index contributed by atoms with van der Waals surface area (Å²) in [5, 5.41) is 6.05. The third-order valence-electron chi connectivity index (χ3n) is 3.05. The maximum absolute atomic E-state index is 13.8. The molecule has 0 aliphatic rings. The van der Waals surface area contributed by atoms with Crippen molar-refractivity contribution in [1.82, 2.24) is 0 Å². The van der Waals surface area contributed by atoms with Crippen LogP contribution in [-0.2, 0) is 10.3 Å². The van der Waals surface area contributed by atoms with E-state index in [-0.39, 0.29) is 17.2 Å². The van der Waals surface area contributed by atoms with Crippen molar-refractivity contribution < 1.29 is 17.0 Å². The van der Waals surface area contributed by atoms with E-state index in [1.54, 1.807) is 0 Å². The number of benzene rings is 2. The first-order valence-corrected chi connectivity index (χ1v) is 7.65. The lowest BCUT2D eigenvalue weighted by atomic mass is 9.92. The minimum absolute atomic E-state index is 0.00886. The maximum atomic E-state index is 13.8. The average Bonchev–Trinajstić information content (AvgIpc) is 2.36. The molecule has 0 radical (unpaired) electrons. The molecule has 0 atom stereocenters. The molecule has 0 amide bonds. The average molecular weight is 307 g/mol. The molecular weight excluding hydrogens is 293 g/mol. The summed E-state index contributed by atoms with van der Waals surface area (Å²) in [6, 6.07) is 5.74. The van der Waals surface area contributed by atoms with Crippen LogP contribution in [0.5, 0.6) is 5.75 Å². The van der Waals surface area contributed by atoms with Crippen molar-refractivity contribution in [3.05, 3.63) is 41.2 Å². The molecule has 0 saturated heterocycles. The van der Waals surface area contributed by atoms with Crippen molar-refractivity contribution in [2.24, 2.45) is 5.14 Å². The van der Waals surface area contributed by atoms with Crippen LogP contribution < -0.4 is 9.32 Å². The maximum Gasteiger partial charge on any atom is 0.380 e. The summed E-state index contributed by atoms with van der Waals surface area (Å²) in [5.74, 6) is 1.91. The Balaban J connectivity index is 2.83. The smallest absolute Gasteiger partial charge is 0.371 e. The van der Waals surface area contributed by atoms with Crippen LogP contribution in [0.15, 0.2) is 24.3 Å². The van der Waals surface area contributed by atoms with Crippen LogP contribution in [0, 0.1) is 18.2 Å². The highest BCUT2D eigenvalue weighted by Gasteiger charge is 2.16. The van der Waals surface area contributed by atoms with Gasteiger partial charge in [0.15, 0.2) is 0 Å². The molecule has 0 spiro atoms. The first-order valence-electron chi connectivity index (χ1n) is 6.18. The quantitative estimate of drug-likeness (QED) is 0.886. The Hall–Kier alpha value is -2.10. The lowest BCUT2D eigenvalue weighted by Crippen LogP contribution is -2.19. The SMILES string of the molecule is C#Cc1c(F)ccc2cc(OS(N)(=O)=O)cc(C(C)C)c12. The molecule has 2 N–H and O–H groups in total. The van der Waals surface area contributed by atoms with Crippen LogP contribution in [0.2, 0.25) is 0 Å². The molecule has 0 aliphatic heterocycles. The molecule has 6 heteroatoms. The fraction of sp³-hybridized carbons (Fsp3) is 0.200. The van der Waals surface area contributed by atoms with E-state index in [9.17, 15) is 12.8 Å². The minimum atomic E-state index is -4.13. The number of halogens is 1. The highest BCUT2D eigenvalue weighted by atomic mass is 32.2. The van der Waals surface area contributed by atoms with E-state index in [0.29, 0.717) is 16.3 Å². The Morgan fingerprint density at radius 3 is 2.52 bits per heavy atom. The molecule has 0 aromatic heterocycles. The zero-order chi connectivity index (χ0) is 15.8. The van der Waals surface area contributed by atoms with E-state index in [2.05, 4.69) is 5.92 Å². The number of fused-ring (bicyclic) bond motifs is 1. The van der Waals surface area contributed by atoms with Gasteiger partial charge in [0, 0.05) is 5.39 Å². The van der Waals surface area contributed by atoms with Crippen LogP contribution in [0.25, 0.3) is 10.8 Å². The van der Waals surface area contributed by atoms with Gasteiger partial charge in [0.2, 0.25) is 0 Å². The van der Waals surface area contributed by atoms with Gasteiger partial charge in [-0.1, -0.05) is 25.8 Å². The van der Waals surface area contributed by atoms with Crippen molar-refractivity contribution in [2.45, 2.75) is 19.8 Å². The van der Waals surface area contributed by atoms with Gasteiger partial charge >= 0.3 is 10.3 Å². The zero-order valence-electron chi connectivity index (χ0n) is 11.6. The van der Waals surface area contributed by atoms with Gasteiger partial charge in [-0.05, 0) is 35.1 Å². The molecule has 0 aliphatic carbocycles. The van der Waals surface area contributed by atoms with Gasteiger partial charge in [-0.15, -0.1) is 6.42 Å². The minimum Gasteiger partial charge on any atom is -0.371 e. The molecule has 0 heterocycles. The number of hydrogen-bond donors (Lipinski definition) is 1. The predicted octanol–water partition coefficient (Wildman–Crippen LogP) is 2.67. The predicted molar refractivity (Wildman–Crippen MR) is 79.7 cm³/mol. The van der Waals surface area contributed by atoms with Crippen molar-refractivity contribution in [3.63, 3.8) is 0 Å². The Labute approximate surface area is 123 Å². The van der Waals surface area contributed by atoms with E-state index in [1.165, 1.54) is 24.3 Å². The Morgan fingerprint density at radius 1 is 1.33 bits per heavy atom. The molecule has 0 unspecified atom stereocenters. The monoisotopic (exact) mass is 307 g/mol. The summed E-state index contributed by atoms with van der Waals surface area (Å²) in [6.07, 6.45) is 5.39. The Kier molecular flexibility index (Phi) is 3.90. The van der Waals surface area contributed by atoms with Gasteiger partial charge in [-0.2, -0.15) is 13.6 Å². The molecule has 0 bridgehead atoms. The summed E-state index contributed by atoms with van der Waals surface area (Å²) in [5.41, 5.74) is 0.844. The molecule has 0 saturated carbocycles. The fourth-order valence-corrected chi connectivity index (χ4v) is 2.59. The summed E-state index contributed by atoms with van der Waals surface area (Å²) >= 11 is 0. The molecule has 110 valence electrons. The molecular formula is C15H14FNO3S. The van der Waals surface area contributed by atoms with Crippen LogP contribution in [0.4, 0.5) is 4.39 Å². The summed E-state index contributed by atoms with van der Waals surface area (Å²) in [4.78, 5) is 0. The highest BCUT2D eigenvalue weighted by molar-refractivity contribution is 7.84. The van der Waals surface area contributed by atoms with Gasteiger partial charge in [0.05, 0.1) is 5.56 Å². The second-order valence-corrected chi connectivity index (χ2v) is 6.06.